The number of carbonyl (C=O) groups excluding carboxylic acids is 1. The third-order valence-electron chi connectivity index (χ3n) is 5.55. The Hall–Kier alpha value is -2.65. The zero-order chi connectivity index (χ0) is 19.9. The van der Waals surface area contributed by atoms with Gasteiger partial charge < -0.3 is 4.74 Å². The number of benzene rings is 2. The maximum absolute atomic E-state index is 12.6. The van der Waals surface area contributed by atoms with Crippen LogP contribution in [0.4, 0.5) is 0 Å². The van der Waals surface area contributed by atoms with Gasteiger partial charge in [0.2, 0.25) is 0 Å². The fourth-order valence-corrected chi connectivity index (χ4v) is 4.13. The van der Waals surface area contributed by atoms with Gasteiger partial charge in [-0.1, -0.05) is 72.8 Å². The lowest BCUT2D eigenvalue weighted by molar-refractivity contribution is -0.144. The number of esters is 1. The minimum Gasteiger partial charge on any atom is -0.460 e. The van der Waals surface area contributed by atoms with Crippen molar-refractivity contribution in [2.24, 2.45) is 5.92 Å². The fraction of sp³-hybridized carbons (Fsp3) is 0.320. The summed E-state index contributed by atoms with van der Waals surface area (Å²) in [5, 5.41) is 0. The summed E-state index contributed by atoms with van der Waals surface area (Å²) in [5.74, 6) is -0.340. The molecule has 1 aliphatic heterocycles. The summed E-state index contributed by atoms with van der Waals surface area (Å²) in [5.41, 5.74) is 2.45. The molecule has 0 aliphatic carbocycles. The average molecular weight is 376 g/mol. The van der Waals surface area contributed by atoms with Crippen molar-refractivity contribution in [3.63, 3.8) is 0 Å². The molecule has 0 unspecified atom stereocenters. The van der Waals surface area contributed by atoms with E-state index in [-0.39, 0.29) is 30.1 Å². The molecule has 3 nitrogen and oxygen atoms in total. The van der Waals surface area contributed by atoms with E-state index in [0.717, 1.165) is 6.54 Å². The zero-order valence-electron chi connectivity index (χ0n) is 16.5. The van der Waals surface area contributed by atoms with Gasteiger partial charge in [-0.05, 0) is 24.5 Å². The second-order valence-corrected chi connectivity index (χ2v) is 7.37. The Bertz CT molecular complexity index is 787. The molecule has 0 spiro atoms. The summed E-state index contributed by atoms with van der Waals surface area (Å²) in [6.45, 7) is 10.7. The molecule has 0 bridgehead atoms. The molecule has 0 N–H and O–H groups in total. The molecule has 0 amide bonds. The van der Waals surface area contributed by atoms with Crippen molar-refractivity contribution < 1.29 is 9.53 Å². The van der Waals surface area contributed by atoms with Gasteiger partial charge in [-0.15, -0.1) is 13.2 Å². The third-order valence-corrected chi connectivity index (χ3v) is 5.55. The molecule has 4 atom stereocenters. The average Bonchev–Trinajstić information content (AvgIpc) is 3.02. The summed E-state index contributed by atoms with van der Waals surface area (Å²) in [7, 11) is 0. The second-order valence-electron chi connectivity index (χ2n) is 7.37. The standard InChI is InChI=1S/C25H29NO2/c1-4-12-22-24(23(13-5-2)28-25(22)27)26(18-20-14-8-6-9-15-20)19(3)21-16-10-7-11-17-21/h4-11,14-17,19,22-24H,1-2,12-13,18H2,3H3/t19-,22+,23-,24+/m1/s1. The number of nitrogens with zero attached hydrogens (tertiary/aromatic N) is 1. The molecular formula is C25H29NO2. The first-order valence-electron chi connectivity index (χ1n) is 9.92. The normalized spacial score (nSPS) is 22.6. The lowest BCUT2D eigenvalue weighted by Crippen LogP contribution is -2.45. The third kappa shape index (κ3) is 4.42. The predicted octanol–water partition coefficient (Wildman–Crippen LogP) is 5.31. The molecular weight excluding hydrogens is 346 g/mol. The Morgan fingerprint density at radius 1 is 1.00 bits per heavy atom. The highest BCUT2D eigenvalue weighted by Crippen LogP contribution is 2.37. The van der Waals surface area contributed by atoms with E-state index in [1.807, 2.05) is 24.3 Å². The van der Waals surface area contributed by atoms with E-state index < -0.39 is 0 Å². The maximum Gasteiger partial charge on any atom is 0.311 e. The molecule has 2 aromatic carbocycles. The zero-order valence-corrected chi connectivity index (χ0v) is 16.5. The van der Waals surface area contributed by atoms with Crippen molar-refractivity contribution in [1.29, 1.82) is 0 Å². The Kier molecular flexibility index (Phi) is 6.83. The summed E-state index contributed by atoms with van der Waals surface area (Å²) in [6, 6.07) is 20.9. The van der Waals surface area contributed by atoms with Crippen LogP contribution in [0.25, 0.3) is 0 Å². The van der Waals surface area contributed by atoms with Crippen molar-refractivity contribution in [3.8, 4) is 0 Å². The van der Waals surface area contributed by atoms with Crippen LogP contribution in [-0.4, -0.2) is 23.0 Å². The largest absolute Gasteiger partial charge is 0.460 e. The van der Waals surface area contributed by atoms with Gasteiger partial charge in [0.15, 0.2) is 0 Å². The molecule has 1 aliphatic rings. The maximum atomic E-state index is 12.6. The Morgan fingerprint density at radius 3 is 2.21 bits per heavy atom. The Balaban J connectivity index is 2.00. The topological polar surface area (TPSA) is 29.5 Å². The van der Waals surface area contributed by atoms with Gasteiger partial charge in [-0.25, -0.2) is 0 Å². The molecule has 1 saturated heterocycles. The first-order chi connectivity index (χ1) is 13.7. The number of allylic oxidation sites excluding steroid dienone is 1. The van der Waals surface area contributed by atoms with Crippen molar-refractivity contribution >= 4 is 5.97 Å². The van der Waals surface area contributed by atoms with E-state index in [1.54, 1.807) is 0 Å². The molecule has 146 valence electrons. The number of carbonyl (C=O) groups is 1. The van der Waals surface area contributed by atoms with Crippen LogP contribution < -0.4 is 0 Å². The van der Waals surface area contributed by atoms with Gasteiger partial charge in [0.05, 0.1) is 12.0 Å². The van der Waals surface area contributed by atoms with Gasteiger partial charge >= 0.3 is 5.97 Å². The predicted molar refractivity (Wildman–Crippen MR) is 114 cm³/mol. The molecule has 0 saturated carbocycles. The van der Waals surface area contributed by atoms with Crippen LogP contribution in [-0.2, 0) is 16.1 Å². The van der Waals surface area contributed by atoms with E-state index >= 15 is 0 Å². The highest BCUT2D eigenvalue weighted by molar-refractivity contribution is 5.76. The molecule has 28 heavy (non-hydrogen) atoms. The van der Waals surface area contributed by atoms with Crippen molar-refractivity contribution in [3.05, 3.63) is 97.1 Å². The van der Waals surface area contributed by atoms with E-state index in [9.17, 15) is 4.79 Å². The van der Waals surface area contributed by atoms with Crippen LogP contribution in [0.2, 0.25) is 0 Å². The molecule has 1 heterocycles. The number of cyclic esters (lactones) is 1. The van der Waals surface area contributed by atoms with Gasteiger partial charge in [0, 0.05) is 19.0 Å². The minimum absolute atomic E-state index is 0.0288. The van der Waals surface area contributed by atoms with Crippen molar-refractivity contribution in [2.45, 2.75) is 44.5 Å². The number of ether oxygens (including phenoxy) is 1. The van der Waals surface area contributed by atoms with E-state index in [2.05, 4.69) is 73.5 Å². The van der Waals surface area contributed by atoms with Gasteiger partial charge in [0.25, 0.3) is 0 Å². The van der Waals surface area contributed by atoms with Crippen LogP contribution in [0.3, 0.4) is 0 Å². The lowest BCUT2D eigenvalue weighted by atomic mass is 9.89. The highest BCUT2D eigenvalue weighted by atomic mass is 16.6. The van der Waals surface area contributed by atoms with Crippen LogP contribution in [0, 0.1) is 5.92 Å². The first kappa shape index (κ1) is 20.1. The summed E-state index contributed by atoms with van der Waals surface area (Å²) in [4.78, 5) is 15.1. The summed E-state index contributed by atoms with van der Waals surface area (Å²) >= 11 is 0. The molecule has 2 aromatic rings. The van der Waals surface area contributed by atoms with Crippen LogP contribution in [0.5, 0.6) is 0 Å². The molecule has 0 radical (unpaired) electrons. The van der Waals surface area contributed by atoms with E-state index in [1.165, 1.54) is 11.1 Å². The lowest BCUT2D eigenvalue weighted by Gasteiger charge is -2.38. The van der Waals surface area contributed by atoms with E-state index in [0.29, 0.717) is 12.8 Å². The monoisotopic (exact) mass is 375 g/mol. The quantitative estimate of drug-likeness (QED) is 0.439. The van der Waals surface area contributed by atoms with Gasteiger partial charge in [0.1, 0.15) is 6.10 Å². The van der Waals surface area contributed by atoms with E-state index in [4.69, 9.17) is 4.74 Å². The van der Waals surface area contributed by atoms with Crippen molar-refractivity contribution in [2.75, 3.05) is 0 Å². The SMILES string of the molecule is C=CC[C@@H]1C(=O)O[C@H](CC=C)[C@H]1N(Cc1ccccc1)[C@H](C)c1ccccc1. The fourth-order valence-electron chi connectivity index (χ4n) is 4.13. The highest BCUT2D eigenvalue weighted by Gasteiger charge is 2.47. The van der Waals surface area contributed by atoms with Crippen LogP contribution in [0.15, 0.2) is 86.0 Å². The molecule has 3 rings (SSSR count). The summed E-state index contributed by atoms with van der Waals surface area (Å²) in [6.07, 6.45) is 4.74. The Morgan fingerprint density at radius 2 is 1.61 bits per heavy atom. The molecule has 1 fully saturated rings. The Labute approximate surface area is 168 Å². The number of rotatable bonds is 9. The number of hydrogen-bond acceptors (Lipinski definition) is 3. The number of hydrogen-bond donors (Lipinski definition) is 0. The van der Waals surface area contributed by atoms with Crippen LogP contribution >= 0.6 is 0 Å². The van der Waals surface area contributed by atoms with Crippen molar-refractivity contribution in [1.82, 2.24) is 4.90 Å². The first-order valence-corrected chi connectivity index (χ1v) is 9.92. The minimum atomic E-state index is -0.211. The van der Waals surface area contributed by atoms with Gasteiger partial charge in [-0.2, -0.15) is 0 Å². The second kappa shape index (κ2) is 9.52. The van der Waals surface area contributed by atoms with Crippen LogP contribution in [0.1, 0.15) is 36.9 Å². The molecule has 0 aromatic heterocycles. The summed E-state index contributed by atoms with van der Waals surface area (Å²) < 4.78 is 5.78. The molecule has 3 heteroatoms. The van der Waals surface area contributed by atoms with Gasteiger partial charge in [-0.3, -0.25) is 9.69 Å². The smallest absolute Gasteiger partial charge is 0.311 e.